The fourth-order valence-corrected chi connectivity index (χ4v) is 1.55. The van der Waals surface area contributed by atoms with Crippen molar-refractivity contribution in [2.24, 2.45) is 0 Å². The Labute approximate surface area is 106 Å². The van der Waals surface area contributed by atoms with E-state index in [0.717, 1.165) is 18.1 Å². The van der Waals surface area contributed by atoms with Crippen LogP contribution in [0, 0.1) is 5.82 Å². The van der Waals surface area contributed by atoms with Gasteiger partial charge in [-0.25, -0.2) is 9.37 Å². The van der Waals surface area contributed by atoms with Gasteiger partial charge in [-0.2, -0.15) is 0 Å². The molecule has 0 bridgehead atoms. The molecule has 0 atom stereocenters. The first-order valence-electron chi connectivity index (χ1n) is 5.86. The summed E-state index contributed by atoms with van der Waals surface area (Å²) in [5, 5.41) is 3.13. The zero-order chi connectivity index (χ0) is 12.8. The summed E-state index contributed by atoms with van der Waals surface area (Å²) in [4.78, 5) is 4.37. The van der Waals surface area contributed by atoms with Crippen LogP contribution in [-0.2, 0) is 6.61 Å². The molecule has 0 spiro atoms. The Bertz CT molecular complexity index is 517. The van der Waals surface area contributed by atoms with Crippen LogP contribution < -0.4 is 10.1 Å². The molecule has 3 nitrogen and oxygen atoms in total. The van der Waals surface area contributed by atoms with Crippen molar-refractivity contribution in [3.8, 4) is 5.75 Å². The summed E-state index contributed by atoms with van der Waals surface area (Å²) < 4.78 is 18.4. The van der Waals surface area contributed by atoms with Crippen LogP contribution in [0.3, 0.4) is 0 Å². The van der Waals surface area contributed by atoms with E-state index >= 15 is 0 Å². The summed E-state index contributed by atoms with van der Waals surface area (Å²) in [6.45, 7) is 3.15. The van der Waals surface area contributed by atoms with Gasteiger partial charge in [0.05, 0.1) is 5.69 Å². The van der Waals surface area contributed by atoms with Gasteiger partial charge in [-0.15, -0.1) is 0 Å². The molecule has 94 valence electrons. The summed E-state index contributed by atoms with van der Waals surface area (Å²) >= 11 is 0. The second kappa shape index (κ2) is 6.00. The van der Waals surface area contributed by atoms with E-state index in [0.29, 0.717) is 12.4 Å². The van der Waals surface area contributed by atoms with Gasteiger partial charge in [0.1, 0.15) is 24.0 Å². The smallest absolute Gasteiger partial charge is 0.130 e. The monoisotopic (exact) mass is 246 g/mol. The summed E-state index contributed by atoms with van der Waals surface area (Å²) in [6, 6.07) is 11.8. The molecule has 0 aliphatic heterocycles. The van der Waals surface area contributed by atoms with E-state index in [1.165, 1.54) is 12.1 Å². The van der Waals surface area contributed by atoms with Crippen LogP contribution in [0.5, 0.6) is 5.75 Å². The fourth-order valence-electron chi connectivity index (χ4n) is 1.55. The molecule has 2 aromatic rings. The summed E-state index contributed by atoms with van der Waals surface area (Å²) in [5.41, 5.74) is 0.803. The number of benzene rings is 1. The van der Waals surface area contributed by atoms with Crippen molar-refractivity contribution in [3.63, 3.8) is 0 Å². The van der Waals surface area contributed by atoms with Crippen LogP contribution in [0.2, 0.25) is 0 Å². The summed E-state index contributed by atoms with van der Waals surface area (Å²) in [6.07, 6.45) is 0. The van der Waals surface area contributed by atoms with Crippen molar-refractivity contribution in [1.82, 2.24) is 4.98 Å². The highest BCUT2D eigenvalue weighted by molar-refractivity contribution is 5.35. The van der Waals surface area contributed by atoms with E-state index in [2.05, 4.69) is 10.3 Å². The molecule has 0 radical (unpaired) electrons. The van der Waals surface area contributed by atoms with E-state index in [1.807, 2.05) is 25.1 Å². The zero-order valence-electron chi connectivity index (χ0n) is 10.2. The lowest BCUT2D eigenvalue weighted by Crippen LogP contribution is -2.03. The van der Waals surface area contributed by atoms with Crippen molar-refractivity contribution in [1.29, 1.82) is 0 Å². The quantitative estimate of drug-likeness (QED) is 0.879. The van der Waals surface area contributed by atoms with Gasteiger partial charge in [0.15, 0.2) is 0 Å². The first kappa shape index (κ1) is 12.4. The minimum Gasteiger partial charge on any atom is -0.487 e. The van der Waals surface area contributed by atoms with Crippen LogP contribution in [0.4, 0.5) is 10.2 Å². The van der Waals surface area contributed by atoms with Gasteiger partial charge in [0.2, 0.25) is 0 Å². The number of nitrogens with zero attached hydrogens (tertiary/aromatic N) is 1. The molecule has 2 rings (SSSR count). The number of aromatic nitrogens is 1. The molecule has 1 aromatic heterocycles. The second-order valence-electron chi connectivity index (χ2n) is 3.79. The third-order valence-electron chi connectivity index (χ3n) is 2.35. The molecule has 0 saturated carbocycles. The number of pyridine rings is 1. The highest BCUT2D eigenvalue weighted by Gasteiger charge is 2.00. The lowest BCUT2D eigenvalue weighted by molar-refractivity contribution is 0.300. The molecule has 0 amide bonds. The lowest BCUT2D eigenvalue weighted by Gasteiger charge is -2.07. The minimum absolute atomic E-state index is 0.304. The van der Waals surface area contributed by atoms with Gasteiger partial charge >= 0.3 is 0 Å². The highest BCUT2D eigenvalue weighted by atomic mass is 19.1. The normalized spacial score (nSPS) is 10.1. The predicted molar refractivity (Wildman–Crippen MR) is 69.1 cm³/mol. The average molecular weight is 246 g/mol. The molecule has 18 heavy (non-hydrogen) atoms. The van der Waals surface area contributed by atoms with E-state index in [-0.39, 0.29) is 5.82 Å². The predicted octanol–water partition coefficient (Wildman–Crippen LogP) is 3.23. The van der Waals surface area contributed by atoms with Crippen LogP contribution in [0.25, 0.3) is 0 Å². The van der Waals surface area contributed by atoms with Gasteiger partial charge in [-0.3, -0.25) is 0 Å². The van der Waals surface area contributed by atoms with Crippen LogP contribution in [0.1, 0.15) is 12.6 Å². The average Bonchev–Trinajstić information content (AvgIpc) is 2.37. The van der Waals surface area contributed by atoms with Crippen molar-refractivity contribution in [3.05, 3.63) is 54.0 Å². The maximum absolute atomic E-state index is 13.0. The number of anilines is 1. The number of hydrogen-bond donors (Lipinski definition) is 1. The zero-order valence-corrected chi connectivity index (χ0v) is 10.2. The number of halogens is 1. The Balaban J connectivity index is 1.99. The third-order valence-corrected chi connectivity index (χ3v) is 2.35. The fraction of sp³-hybridized carbons (Fsp3) is 0.214. The van der Waals surface area contributed by atoms with E-state index < -0.39 is 0 Å². The molecule has 0 unspecified atom stereocenters. The lowest BCUT2D eigenvalue weighted by atomic mass is 10.3. The summed E-state index contributed by atoms with van der Waals surface area (Å²) in [7, 11) is 0. The maximum Gasteiger partial charge on any atom is 0.130 e. The molecular weight excluding hydrogens is 231 g/mol. The Hall–Kier alpha value is -2.10. The molecule has 1 N–H and O–H groups in total. The molecule has 0 fully saturated rings. The van der Waals surface area contributed by atoms with Crippen molar-refractivity contribution in [2.45, 2.75) is 13.5 Å². The SMILES string of the molecule is CCNc1cccc(COc2cccc(F)c2)n1. The number of nitrogens with one attached hydrogen (secondary N) is 1. The molecule has 0 aliphatic carbocycles. The third kappa shape index (κ3) is 3.45. The van der Waals surface area contributed by atoms with Crippen molar-refractivity contribution in [2.75, 3.05) is 11.9 Å². The van der Waals surface area contributed by atoms with Gasteiger partial charge in [0.25, 0.3) is 0 Å². The molecule has 4 heteroatoms. The van der Waals surface area contributed by atoms with Crippen LogP contribution >= 0.6 is 0 Å². The van der Waals surface area contributed by atoms with Crippen LogP contribution in [-0.4, -0.2) is 11.5 Å². The van der Waals surface area contributed by atoms with E-state index in [4.69, 9.17) is 4.74 Å². The molecule has 0 aliphatic rings. The molecular formula is C14H15FN2O. The summed E-state index contributed by atoms with van der Waals surface area (Å²) in [5.74, 6) is 1.02. The Kier molecular flexibility index (Phi) is 4.12. The maximum atomic E-state index is 13.0. The molecule has 1 heterocycles. The minimum atomic E-state index is -0.304. The van der Waals surface area contributed by atoms with E-state index in [1.54, 1.807) is 12.1 Å². The van der Waals surface area contributed by atoms with Gasteiger partial charge in [-0.1, -0.05) is 12.1 Å². The van der Waals surface area contributed by atoms with Gasteiger partial charge in [0, 0.05) is 12.6 Å². The van der Waals surface area contributed by atoms with Gasteiger partial charge < -0.3 is 10.1 Å². The van der Waals surface area contributed by atoms with Crippen LogP contribution in [0.15, 0.2) is 42.5 Å². The first-order chi connectivity index (χ1) is 8.78. The highest BCUT2D eigenvalue weighted by Crippen LogP contribution is 2.14. The van der Waals surface area contributed by atoms with Crippen molar-refractivity contribution < 1.29 is 9.13 Å². The molecule has 1 aromatic carbocycles. The van der Waals surface area contributed by atoms with Gasteiger partial charge in [-0.05, 0) is 31.2 Å². The van der Waals surface area contributed by atoms with E-state index in [9.17, 15) is 4.39 Å². The standard InChI is InChI=1S/C14H15FN2O/c1-2-16-14-8-4-6-12(17-14)10-18-13-7-3-5-11(15)9-13/h3-9H,2,10H2,1H3,(H,16,17). The Morgan fingerprint density at radius 1 is 1.22 bits per heavy atom. The second-order valence-corrected chi connectivity index (χ2v) is 3.79. The van der Waals surface area contributed by atoms with Crippen molar-refractivity contribution >= 4 is 5.82 Å². The topological polar surface area (TPSA) is 34.1 Å². The molecule has 0 saturated heterocycles. The number of rotatable bonds is 5. The number of ether oxygens (including phenoxy) is 1. The Morgan fingerprint density at radius 3 is 2.83 bits per heavy atom. The Morgan fingerprint density at radius 2 is 2.06 bits per heavy atom. The number of hydrogen-bond acceptors (Lipinski definition) is 3. The first-order valence-corrected chi connectivity index (χ1v) is 5.86. The largest absolute Gasteiger partial charge is 0.487 e.